The Bertz CT molecular complexity index is 408. The van der Waals surface area contributed by atoms with Crippen molar-refractivity contribution in [1.82, 2.24) is 10.2 Å². The number of carbonyl (C=O) groups excluding carboxylic acids is 1. The first-order valence-corrected chi connectivity index (χ1v) is 5.93. The van der Waals surface area contributed by atoms with Gasteiger partial charge >= 0.3 is 0 Å². The average Bonchev–Trinajstić information content (AvgIpc) is 2.38. The third kappa shape index (κ3) is 2.82. The Morgan fingerprint density at radius 3 is 3.06 bits per heavy atom. The van der Waals surface area contributed by atoms with E-state index in [0.29, 0.717) is 18.2 Å². The van der Waals surface area contributed by atoms with Crippen LogP contribution in [0.4, 0.5) is 4.39 Å². The molecular weight excluding hydrogens is 219 g/mol. The largest absolute Gasteiger partial charge is 0.337 e. The number of hydrogen-bond acceptors (Lipinski definition) is 2. The third-order valence-corrected chi connectivity index (χ3v) is 3.19. The topological polar surface area (TPSA) is 32.3 Å². The maximum Gasteiger partial charge on any atom is 0.254 e. The van der Waals surface area contributed by atoms with Gasteiger partial charge in [-0.25, -0.2) is 4.39 Å². The first kappa shape index (κ1) is 12.0. The van der Waals surface area contributed by atoms with E-state index in [-0.39, 0.29) is 11.7 Å². The van der Waals surface area contributed by atoms with Gasteiger partial charge in [0.15, 0.2) is 0 Å². The average molecular weight is 236 g/mol. The van der Waals surface area contributed by atoms with Gasteiger partial charge in [-0.2, -0.15) is 0 Å². The van der Waals surface area contributed by atoms with Gasteiger partial charge in [0, 0.05) is 24.7 Å². The summed E-state index contributed by atoms with van der Waals surface area (Å²) in [5.74, 6) is -0.442. The fourth-order valence-corrected chi connectivity index (χ4v) is 2.20. The van der Waals surface area contributed by atoms with Crippen LogP contribution in [0.3, 0.4) is 0 Å². The van der Waals surface area contributed by atoms with E-state index in [9.17, 15) is 9.18 Å². The zero-order valence-electron chi connectivity index (χ0n) is 9.95. The molecule has 1 aromatic rings. The summed E-state index contributed by atoms with van der Waals surface area (Å²) in [5.41, 5.74) is 0.432. The Morgan fingerprint density at radius 1 is 1.53 bits per heavy atom. The molecule has 0 bridgehead atoms. The minimum absolute atomic E-state index is 0.0792. The number of piperidine rings is 1. The van der Waals surface area contributed by atoms with Crippen molar-refractivity contribution >= 4 is 5.91 Å². The summed E-state index contributed by atoms with van der Waals surface area (Å²) in [6.07, 6.45) is 2.08. The molecule has 3 nitrogen and oxygen atoms in total. The summed E-state index contributed by atoms with van der Waals surface area (Å²) in [4.78, 5) is 13.9. The van der Waals surface area contributed by atoms with Gasteiger partial charge in [0.05, 0.1) is 0 Å². The summed E-state index contributed by atoms with van der Waals surface area (Å²) < 4.78 is 13.1. The second-order valence-electron chi connectivity index (χ2n) is 4.39. The van der Waals surface area contributed by atoms with Crippen LogP contribution in [0.25, 0.3) is 0 Å². The lowest BCUT2D eigenvalue weighted by Crippen LogP contribution is -2.46. The first-order valence-electron chi connectivity index (χ1n) is 5.93. The number of likely N-dealkylation sites (N-methyl/N-ethyl adjacent to an activating group) is 1. The van der Waals surface area contributed by atoms with Crippen LogP contribution >= 0.6 is 0 Å². The molecule has 92 valence electrons. The van der Waals surface area contributed by atoms with E-state index < -0.39 is 0 Å². The van der Waals surface area contributed by atoms with Crippen molar-refractivity contribution in [2.24, 2.45) is 0 Å². The normalized spacial score (nSPS) is 20.4. The van der Waals surface area contributed by atoms with E-state index in [0.717, 1.165) is 19.4 Å². The second kappa shape index (κ2) is 5.27. The number of likely N-dealkylation sites (tertiary alicyclic amines) is 1. The molecule has 1 atom stereocenters. The SMILES string of the molecule is CNC1CCCN(C(=O)c2cccc(F)c2)C1. The highest BCUT2D eigenvalue weighted by molar-refractivity contribution is 5.94. The minimum Gasteiger partial charge on any atom is -0.337 e. The number of hydrogen-bond donors (Lipinski definition) is 1. The van der Waals surface area contributed by atoms with Crippen LogP contribution in [0.5, 0.6) is 0 Å². The Hall–Kier alpha value is -1.42. The van der Waals surface area contributed by atoms with Crippen molar-refractivity contribution in [3.63, 3.8) is 0 Å². The molecule has 0 saturated carbocycles. The summed E-state index contributed by atoms with van der Waals surface area (Å²) >= 11 is 0. The molecule has 0 aliphatic carbocycles. The number of nitrogens with zero attached hydrogens (tertiary/aromatic N) is 1. The molecule has 1 heterocycles. The van der Waals surface area contributed by atoms with Gasteiger partial charge < -0.3 is 10.2 Å². The standard InChI is InChI=1S/C13H17FN2O/c1-15-12-6-3-7-16(9-12)13(17)10-4-2-5-11(14)8-10/h2,4-5,8,12,15H,3,6-7,9H2,1H3. The number of carbonyl (C=O) groups is 1. The Morgan fingerprint density at radius 2 is 2.35 bits per heavy atom. The van der Waals surface area contributed by atoms with E-state index in [2.05, 4.69) is 5.32 Å². The predicted molar refractivity (Wildman–Crippen MR) is 64.4 cm³/mol. The van der Waals surface area contributed by atoms with Gasteiger partial charge in [-0.1, -0.05) is 6.07 Å². The smallest absolute Gasteiger partial charge is 0.254 e. The molecular formula is C13H17FN2O. The predicted octanol–water partition coefficient (Wildman–Crippen LogP) is 1.65. The maximum atomic E-state index is 13.1. The highest BCUT2D eigenvalue weighted by Crippen LogP contribution is 2.14. The van der Waals surface area contributed by atoms with Crippen LogP contribution < -0.4 is 5.32 Å². The Labute approximate surface area is 101 Å². The first-order chi connectivity index (χ1) is 8.20. The molecule has 0 aromatic heterocycles. The zero-order chi connectivity index (χ0) is 12.3. The lowest BCUT2D eigenvalue weighted by molar-refractivity contribution is 0.0697. The van der Waals surface area contributed by atoms with E-state index in [1.807, 2.05) is 7.05 Å². The fraction of sp³-hybridized carbons (Fsp3) is 0.462. The van der Waals surface area contributed by atoms with Crippen LogP contribution in [0, 0.1) is 5.82 Å². The molecule has 1 N–H and O–H groups in total. The lowest BCUT2D eigenvalue weighted by atomic mass is 10.0. The van der Waals surface area contributed by atoms with Gasteiger partial charge in [-0.3, -0.25) is 4.79 Å². The lowest BCUT2D eigenvalue weighted by Gasteiger charge is -2.32. The number of rotatable bonds is 2. The third-order valence-electron chi connectivity index (χ3n) is 3.19. The van der Waals surface area contributed by atoms with Crippen LogP contribution in [0.1, 0.15) is 23.2 Å². The van der Waals surface area contributed by atoms with E-state index in [1.54, 1.807) is 17.0 Å². The van der Waals surface area contributed by atoms with Crippen LogP contribution in [-0.2, 0) is 0 Å². The van der Waals surface area contributed by atoms with Gasteiger partial charge in [-0.05, 0) is 38.1 Å². The molecule has 1 unspecified atom stereocenters. The highest BCUT2D eigenvalue weighted by Gasteiger charge is 2.23. The van der Waals surface area contributed by atoms with Crippen LogP contribution in [0.15, 0.2) is 24.3 Å². The minimum atomic E-state index is -0.363. The summed E-state index contributed by atoms with van der Waals surface area (Å²) in [7, 11) is 1.90. The van der Waals surface area contributed by atoms with Crippen molar-refractivity contribution in [2.45, 2.75) is 18.9 Å². The maximum absolute atomic E-state index is 13.1. The summed E-state index contributed by atoms with van der Waals surface area (Å²) in [6, 6.07) is 6.23. The molecule has 1 saturated heterocycles. The van der Waals surface area contributed by atoms with E-state index in [4.69, 9.17) is 0 Å². The number of amides is 1. The molecule has 1 aromatic carbocycles. The molecule has 17 heavy (non-hydrogen) atoms. The van der Waals surface area contributed by atoms with Crippen molar-refractivity contribution in [2.75, 3.05) is 20.1 Å². The fourth-order valence-electron chi connectivity index (χ4n) is 2.20. The zero-order valence-corrected chi connectivity index (χ0v) is 9.95. The molecule has 1 aliphatic rings. The monoisotopic (exact) mass is 236 g/mol. The highest BCUT2D eigenvalue weighted by atomic mass is 19.1. The van der Waals surface area contributed by atoms with Crippen LogP contribution in [-0.4, -0.2) is 37.0 Å². The van der Waals surface area contributed by atoms with Gasteiger partial charge in [0.1, 0.15) is 5.82 Å². The number of halogens is 1. The number of benzene rings is 1. The van der Waals surface area contributed by atoms with Gasteiger partial charge in [0.25, 0.3) is 5.91 Å². The van der Waals surface area contributed by atoms with Crippen LogP contribution in [0.2, 0.25) is 0 Å². The van der Waals surface area contributed by atoms with Gasteiger partial charge in [-0.15, -0.1) is 0 Å². The molecule has 1 amide bonds. The summed E-state index contributed by atoms with van der Waals surface area (Å²) in [6.45, 7) is 1.46. The van der Waals surface area contributed by atoms with Crippen molar-refractivity contribution in [3.8, 4) is 0 Å². The molecule has 4 heteroatoms. The second-order valence-corrected chi connectivity index (χ2v) is 4.39. The van der Waals surface area contributed by atoms with Crippen molar-refractivity contribution in [3.05, 3.63) is 35.6 Å². The van der Waals surface area contributed by atoms with Gasteiger partial charge in [0.2, 0.25) is 0 Å². The quantitative estimate of drug-likeness (QED) is 0.846. The van der Waals surface area contributed by atoms with E-state index >= 15 is 0 Å². The Balaban J connectivity index is 2.09. The molecule has 0 spiro atoms. The molecule has 1 aliphatic heterocycles. The summed E-state index contributed by atoms with van der Waals surface area (Å²) in [5, 5.41) is 3.18. The molecule has 0 radical (unpaired) electrons. The van der Waals surface area contributed by atoms with Crippen molar-refractivity contribution in [1.29, 1.82) is 0 Å². The number of nitrogens with one attached hydrogen (secondary N) is 1. The molecule has 1 fully saturated rings. The Kier molecular flexibility index (Phi) is 3.74. The van der Waals surface area contributed by atoms with Crippen molar-refractivity contribution < 1.29 is 9.18 Å². The molecule has 2 rings (SSSR count). The van der Waals surface area contributed by atoms with E-state index in [1.165, 1.54) is 12.1 Å².